The molecule has 1 aromatic heterocycles. The summed E-state index contributed by atoms with van der Waals surface area (Å²) in [6.07, 6.45) is 5.22. The van der Waals surface area contributed by atoms with Crippen molar-refractivity contribution in [3.8, 4) is 0 Å². The summed E-state index contributed by atoms with van der Waals surface area (Å²) in [4.78, 5) is 17.3. The maximum Gasteiger partial charge on any atom is 0.231 e. The van der Waals surface area contributed by atoms with Crippen LogP contribution in [0.15, 0.2) is 48.7 Å². The molecule has 0 aliphatic heterocycles. The molecule has 3 nitrogen and oxygen atoms in total. The molecule has 2 aromatic rings. The Bertz CT molecular complexity index is 681. The third kappa shape index (κ3) is 3.11. The van der Waals surface area contributed by atoms with Crippen molar-refractivity contribution < 1.29 is 9.18 Å². The number of halogens is 1. The van der Waals surface area contributed by atoms with Crippen LogP contribution in [0, 0.1) is 5.82 Å². The average Bonchev–Trinajstić information content (AvgIpc) is 3.06. The highest BCUT2D eigenvalue weighted by Crippen LogP contribution is 2.42. The first kappa shape index (κ1) is 15.7. The number of benzene rings is 1. The van der Waals surface area contributed by atoms with Gasteiger partial charge in [0.05, 0.1) is 17.2 Å². The number of hydrogen-bond donors (Lipinski definition) is 1. The molecule has 0 saturated heterocycles. The zero-order valence-corrected chi connectivity index (χ0v) is 13.3. The van der Waals surface area contributed by atoms with Crippen LogP contribution in [0.1, 0.15) is 49.9 Å². The molecule has 1 fully saturated rings. The summed E-state index contributed by atoms with van der Waals surface area (Å²) in [7, 11) is 0. The number of rotatable bonds is 4. The molecule has 1 saturated carbocycles. The molecule has 1 unspecified atom stereocenters. The topological polar surface area (TPSA) is 42.0 Å². The lowest BCUT2D eigenvalue weighted by Gasteiger charge is -2.30. The van der Waals surface area contributed by atoms with Crippen LogP contribution in [0.4, 0.5) is 4.39 Å². The minimum Gasteiger partial charge on any atom is -0.347 e. The first-order valence-corrected chi connectivity index (χ1v) is 8.10. The van der Waals surface area contributed by atoms with E-state index in [9.17, 15) is 9.18 Å². The Morgan fingerprint density at radius 2 is 2.00 bits per heavy atom. The van der Waals surface area contributed by atoms with E-state index in [0.29, 0.717) is 0 Å². The van der Waals surface area contributed by atoms with Gasteiger partial charge >= 0.3 is 0 Å². The minimum atomic E-state index is -0.620. The number of aromatic nitrogens is 1. The Hall–Kier alpha value is -2.23. The molecule has 1 amide bonds. The maximum atomic E-state index is 13.6. The van der Waals surface area contributed by atoms with Gasteiger partial charge < -0.3 is 5.32 Å². The number of amides is 1. The summed E-state index contributed by atoms with van der Waals surface area (Å²) in [5.41, 5.74) is 0.986. The molecular weight excluding hydrogens is 291 g/mol. The van der Waals surface area contributed by atoms with Gasteiger partial charge in [0.25, 0.3) is 0 Å². The predicted molar refractivity (Wildman–Crippen MR) is 87.3 cm³/mol. The zero-order chi connectivity index (χ0) is 16.3. The van der Waals surface area contributed by atoms with E-state index in [1.807, 2.05) is 31.2 Å². The lowest BCUT2D eigenvalue weighted by molar-refractivity contribution is -0.127. The molecule has 1 aliphatic rings. The van der Waals surface area contributed by atoms with Crippen molar-refractivity contribution in [3.63, 3.8) is 0 Å². The lowest BCUT2D eigenvalue weighted by Crippen LogP contribution is -2.43. The van der Waals surface area contributed by atoms with Gasteiger partial charge in [0.15, 0.2) is 0 Å². The quantitative estimate of drug-likeness (QED) is 0.930. The number of nitrogens with zero attached hydrogens (tertiary/aromatic N) is 1. The van der Waals surface area contributed by atoms with E-state index < -0.39 is 5.41 Å². The second-order valence-corrected chi connectivity index (χ2v) is 6.25. The van der Waals surface area contributed by atoms with Crippen LogP contribution in [0.3, 0.4) is 0 Å². The SMILES string of the molecule is CC(NC(=O)C1(c2cccc(F)c2)CCCC1)c1ccccn1. The van der Waals surface area contributed by atoms with Gasteiger partial charge in [-0.05, 0) is 49.6 Å². The molecule has 0 spiro atoms. The standard InChI is InChI=1S/C19H21FN2O/c1-14(17-9-2-5-12-21-17)22-18(23)19(10-3-4-11-19)15-7-6-8-16(20)13-15/h2,5-9,12-14H,3-4,10-11H2,1H3,(H,22,23). The largest absolute Gasteiger partial charge is 0.347 e. The summed E-state index contributed by atoms with van der Waals surface area (Å²) in [5.74, 6) is -0.321. The van der Waals surface area contributed by atoms with Gasteiger partial charge in [0.2, 0.25) is 5.91 Å². The van der Waals surface area contributed by atoms with Crippen molar-refractivity contribution in [2.45, 2.75) is 44.1 Å². The monoisotopic (exact) mass is 312 g/mol. The fraction of sp³-hybridized carbons (Fsp3) is 0.368. The summed E-state index contributed by atoms with van der Waals surface area (Å²) < 4.78 is 13.6. The fourth-order valence-electron chi connectivity index (χ4n) is 3.45. The van der Waals surface area contributed by atoms with Crippen LogP contribution in [0.5, 0.6) is 0 Å². The molecule has 1 N–H and O–H groups in total. The second kappa shape index (κ2) is 6.49. The van der Waals surface area contributed by atoms with Crippen molar-refractivity contribution in [3.05, 3.63) is 65.7 Å². The van der Waals surface area contributed by atoms with E-state index in [0.717, 1.165) is 36.9 Å². The summed E-state index contributed by atoms with van der Waals surface area (Å²) in [6, 6.07) is 11.9. The molecule has 23 heavy (non-hydrogen) atoms. The maximum absolute atomic E-state index is 13.6. The van der Waals surface area contributed by atoms with E-state index in [1.165, 1.54) is 12.1 Å². The predicted octanol–water partition coefficient (Wildman–Crippen LogP) is 3.91. The van der Waals surface area contributed by atoms with Crippen molar-refractivity contribution in [1.29, 1.82) is 0 Å². The molecular formula is C19H21FN2O. The van der Waals surface area contributed by atoms with Crippen LogP contribution in [-0.2, 0) is 10.2 Å². The first-order valence-electron chi connectivity index (χ1n) is 8.10. The summed E-state index contributed by atoms with van der Waals surface area (Å²) in [6.45, 7) is 1.93. The van der Waals surface area contributed by atoms with Gasteiger partial charge in [-0.3, -0.25) is 9.78 Å². The van der Waals surface area contributed by atoms with Gasteiger partial charge in [-0.15, -0.1) is 0 Å². The van der Waals surface area contributed by atoms with Crippen molar-refractivity contribution in [2.75, 3.05) is 0 Å². The van der Waals surface area contributed by atoms with Gasteiger partial charge in [0.1, 0.15) is 5.82 Å². The first-order chi connectivity index (χ1) is 11.1. The Balaban J connectivity index is 1.85. The molecule has 1 aromatic carbocycles. The zero-order valence-electron chi connectivity index (χ0n) is 13.3. The van der Waals surface area contributed by atoms with Crippen LogP contribution >= 0.6 is 0 Å². The summed E-state index contributed by atoms with van der Waals surface area (Å²) in [5, 5.41) is 3.07. The molecule has 1 heterocycles. The highest BCUT2D eigenvalue weighted by molar-refractivity contribution is 5.88. The van der Waals surface area contributed by atoms with Crippen LogP contribution in [0.2, 0.25) is 0 Å². The normalized spacial score (nSPS) is 17.7. The molecule has 3 rings (SSSR count). The molecule has 120 valence electrons. The number of carbonyl (C=O) groups is 1. The molecule has 0 bridgehead atoms. The molecule has 1 aliphatic carbocycles. The van der Waals surface area contributed by atoms with E-state index in [4.69, 9.17) is 0 Å². The highest BCUT2D eigenvalue weighted by atomic mass is 19.1. The smallest absolute Gasteiger partial charge is 0.231 e. The van der Waals surface area contributed by atoms with Crippen molar-refractivity contribution >= 4 is 5.91 Å². The van der Waals surface area contributed by atoms with E-state index in [1.54, 1.807) is 12.3 Å². The Morgan fingerprint density at radius 3 is 2.65 bits per heavy atom. The molecule has 0 radical (unpaired) electrons. The van der Waals surface area contributed by atoms with Gasteiger partial charge in [-0.25, -0.2) is 4.39 Å². The van der Waals surface area contributed by atoms with Gasteiger partial charge in [-0.2, -0.15) is 0 Å². The van der Waals surface area contributed by atoms with E-state index >= 15 is 0 Å². The Morgan fingerprint density at radius 1 is 1.22 bits per heavy atom. The molecule has 4 heteroatoms. The van der Waals surface area contributed by atoms with E-state index in [2.05, 4.69) is 10.3 Å². The number of nitrogens with one attached hydrogen (secondary N) is 1. The van der Waals surface area contributed by atoms with Crippen LogP contribution in [0.25, 0.3) is 0 Å². The van der Waals surface area contributed by atoms with Crippen LogP contribution in [-0.4, -0.2) is 10.9 Å². The number of carbonyl (C=O) groups excluding carboxylic acids is 1. The average molecular weight is 312 g/mol. The Kier molecular flexibility index (Phi) is 4.42. The van der Waals surface area contributed by atoms with Gasteiger partial charge in [0, 0.05) is 6.20 Å². The summed E-state index contributed by atoms with van der Waals surface area (Å²) >= 11 is 0. The van der Waals surface area contributed by atoms with Crippen LogP contribution < -0.4 is 5.32 Å². The number of pyridine rings is 1. The Labute approximate surface area is 135 Å². The van der Waals surface area contributed by atoms with Gasteiger partial charge in [-0.1, -0.05) is 31.0 Å². The lowest BCUT2D eigenvalue weighted by atomic mass is 9.77. The second-order valence-electron chi connectivity index (χ2n) is 6.25. The molecule has 1 atom stereocenters. The minimum absolute atomic E-state index is 0.0289. The number of hydrogen-bond acceptors (Lipinski definition) is 2. The van der Waals surface area contributed by atoms with Crippen molar-refractivity contribution in [1.82, 2.24) is 10.3 Å². The fourth-order valence-corrected chi connectivity index (χ4v) is 3.45. The van der Waals surface area contributed by atoms with E-state index in [-0.39, 0.29) is 17.8 Å². The highest BCUT2D eigenvalue weighted by Gasteiger charge is 2.43. The third-order valence-electron chi connectivity index (χ3n) is 4.75. The van der Waals surface area contributed by atoms with Crippen molar-refractivity contribution in [2.24, 2.45) is 0 Å². The third-order valence-corrected chi connectivity index (χ3v) is 4.75.